The molecule has 0 spiro atoms. The third-order valence-corrected chi connectivity index (χ3v) is 2.16. The van der Waals surface area contributed by atoms with E-state index < -0.39 is 0 Å². The summed E-state index contributed by atoms with van der Waals surface area (Å²) < 4.78 is 11.1. The lowest BCUT2D eigenvalue weighted by molar-refractivity contribution is -0.215. The van der Waals surface area contributed by atoms with E-state index in [-0.39, 0.29) is 11.9 Å². The second-order valence-corrected chi connectivity index (χ2v) is 4.04. The molecule has 3 nitrogen and oxygen atoms in total. The molecular formula is C10H18O3. The monoisotopic (exact) mass is 186 g/mol. The van der Waals surface area contributed by atoms with E-state index in [2.05, 4.69) is 0 Å². The van der Waals surface area contributed by atoms with Gasteiger partial charge in [0.2, 0.25) is 0 Å². The molecule has 1 aliphatic heterocycles. The van der Waals surface area contributed by atoms with Gasteiger partial charge >= 0.3 is 0 Å². The third kappa shape index (κ3) is 3.87. The zero-order chi connectivity index (χ0) is 9.73. The van der Waals surface area contributed by atoms with Crippen molar-refractivity contribution >= 4 is 6.29 Å². The zero-order valence-electron chi connectivity index (χ0n) is 8.41. The van der Waals surface area contributed by atoms with Crippen LogP contribution in [0.4, 0.5) is 0 Å². The van der Waals surface area contributed by atoms with Gasteiger partial charge in [-0.1, -0.05) is 0 Å². The lowest BCUT2D eigenvalue weighted by Crippen LogP contribution is -2.34. The number of hydrogen-bond acceptors (Lipinski definition) is 3. The fourth-order valence-electron chi connectivity index (χ4n) is 1.41. The molecule has 1 atom stereocenters. The number of ether oxygens (including phenoxy) is 2. The van der Waals surface area contributed by atoms with Crippen molar-refractivity contribution in [1.82, 2.24) is 0 Å². The molecular weight excluding hydrogens is 168 g/mol. The Morgan fingerprint density at radius 2 is 2.31 bits per heavy atom. The lowest BCUT2D eigenvalue weighted by atomic mass is 10.1. The number of carbonyl (C=O) groups is 1. The van der Waals surface area contributed by atoms with Gasteiger partial charge in [0.05, 0.1) is 5.60 Å². The van der Waals surface area contributed by atoms with Gasteiger partial charge in [-0.2, -0.15) is 0 Å². The average molecular weight is 186 g/mol. The summed E-state index contributed by atoms with van der Waals surface area (Å²) in [7, 11) is 0. The summed E-state index contributed by atoms with van der Waals surface area (Å²) in [5, 5.41) is 0. The van der Waals surface area contributed by atoms with Crippen LogP contribution in [0.1, 0.15) is 39.5 Å². The Balaban J connectivity index is 2.32. The van der Waals surface area contributed by atoms with E-state index in [9.17, 15) is 4.79 Å². The van der Waals surface area contributed by atoms with Crippen LogP contribution in [-0.4, -0.2) is 24.8 Å². The first kappa shape index (κ1) is 10.7. The molecule has 1 heterocycles. The van der Waals surface area contributed by atoms with Crippen molar-refractivity contribution in [1.29, 1.82) is 0 Å². The summed E-state index contributed by atoms with van der Waals surface area (Å²) in [5.41, 5.74) is -0.385. The van der Waals surface area contributed by atoms with Crippen LogP contribution >= 0.6 is 0 Å². The summed E-state index contributed by atoms with van der Waals surface area (Å²) in [6.07, 6.45) is 4.43. The molecule has 0 N–H and O–H groups in total. The highest BCUT2D eigenvalue weighted by molar-refractivity contribution is 5.51. The maximum atomic E-state index is 10.3. The predicted octanol–water partition coefficient (Wildman–Crippen LogP) is 1.90. The van der Waals surface area contributed by atoms with Crippen molar-refractivity contribution in [2.45, 2.75) is 51.4 Å². The molecule has 1 fully saturated rings. The highest BCUT2D eigenvalue weighted by atomic mass is 16.7. The largest absolute Gasteiger partial charge is 0.353 e. The first-order valence-electron chi connectivity index (χ1n) is 4.87. The quantitative estimate of drug-likeness (QED) is 0.629. The molecule has 0 aromatic rings. The Morgan fingerprint density at radius 3 is 2.85 bits per heavy atom. The number of carbonyl (C=O) groups excluding carboxylic acids is 1. The van der Waals surface area contributed by atoms with Crippen LogP contribution in [0, 0.1) is 0 Å². The molecule has 0 radical (unpaired) electrons. The molecule has 0 bridgehead atoms. The Kier molecular flexibility index (Phi) is 3.88. The van der Waals surface area contributed by atoms with Crippen LogP contribution in [0.5, 0.6) is 0 Å². The van der Waals surface area contributed by atoms with Gasteiger partial charge in [0.25, 0.3) is 0 Å². The van der Waals surface area contributed by atoms with Crippen LogP contribution in [0.25, 0.3) is 0 Å². The van der Waals surface area contributed by atoms with Gasteiger partial charge < -0.3 is 14.3 Å². The normalized spacial score (nSPS) is 24.3. The first-order chi connectivity index (χ1) is 6.14. The van der Waals surface area contributed by atoms with Crippen LogP contribution in [-0.2, 0) is 14.3 Å². The molecule has 1 aliphatic rings. The molecule has 3 heteroatoms. The molecule has 0 amide bonds. The maximum Gasteiger partial charge on any atom is 0.158 e. The van der Waals surface area contributed by atoms with Crippen molar-refractivity contribution < 1.29 is 14.3 Å². The van der Waals surface area contributed by atoms with E-state index in [4.69, 9.17) is 9.47 Å². The third-order valence-electron chi connectivity index (χ3n) is 2.16. The first-order valence-corrected chi connectivity index (χ1v) is 4.87. The maximum absolute atomic E-state index is 10.3. The van der Waals surface area contributed by atoms with Crippen molar-refractivity contribution in [3.05, 3.63) is 0 Å². The van der Waals surface area contributed by atoms with Gasteiger partial charge in [0.15, 0.2) is 6.29 Å². The SMILES string of the molecule is CC(C)(CC=O)OC1CCCCO1. The Bertz CT molecular complexity index is 160. The van der Waals surface area contributed by atoms with Crippen LogP contribution in [0.15, 0.2) is 0 Å². The van der Waals surface area contributed by atoms with E-state index in [1.165, 1.54) is 0 Å². The fraction of sp³-hybridized carbons (Fsp3) is 0.900. The fourth-order valence-corrected chi connectivity index (χ4v) is 1.41. The number of aldehydes is 1. The van der Waals surface area contributed by atoms with Gasteiger partial charge in [-0.25, -0.2) is 0 Å². The highest BCUT2D eigenvalue weighted by Crippen LogP contribution is 2.22. The Morgan fingerprint density at radius 1 is 1.54 bits per heavy atom. The molecule has 0 aromatic carbocycles. The lowest BCUT2D eigenvalue weighted by Gasteiger charge is -2.31. The molecule has 1 saturated heterocycles. The second-order valence-electron chi connectivity index (χ2n) is 4.04. The smallest absolute Gasteiger partial charge is 0.158 e. The van der Waals surface area contributed by atoms with E-state index >= 15 is 0 Å². The van der Waals surface area contributed by atoms with Crippen molar-refractivity contribution in [3.63, 3.8) is 0 Å². The molecule has 0 saturated carbocycles. The minimum absolute atomic E-state index is 0.108. The van der Waals surface area contributed by atoms with Crippen LogP contribution in [0.2, 0.25) is 0 Å². The van der Waals surface area contributed by atoms with Crippen molar-refractivity contribution in [2.75, 3.05) is 6.61 Å². The minimum atomic E-state index is -0.385. The molecule has 76 valence electrons. The van der Waals surface area contributed by atoms with Gasteiger partial charge in [0, 0.05) is 13.0 Å². The molecule has 13 heavy (non-hydrogen) atoms. The highest BCUT2D eigenvalue weighted by Gasteiger charge is 2.25. The van der Waals surface area contributed by atoms with Gasteiger partial charge in [0.1, 0.15) is 6.29 Å². The zero-order valence-corrected chi connectivity index (χ0v) is 8.41. The molecule has 0 aliphatic carbocycles. The van der Waals surface area contributed by atoms with E-state index in [0.717, 1.165) is 32.2 Å². The van der Waals surface area contributed by atoms with Crippen molar-refractivity contribution in [3.8, 4) is 0 Å². The van der Waals surface area contributed by atoms with Gasteiger partial charge in [-0.05, 0) is 33.1 Å². The molecule has 1 unspecified atom stereocenters. The molecule has 1 rings (SSSR count). The van der Waals surface area contributed by atoms with Crippen LogP contribution in [0.3, 0.4) is 0 Å². The van der Waals surface area contributed by atoms with Gasteiger partial charge in [-0.15, -0.1) is 0 Å². The van der Waals surface area contributed by atoms with Gasteiger partial charge in [-0.3, -0.25) is 0 Å². The van der Waals surface area contributed by atoms with Crippen LogP contribution < -0.4 is 0 Å². The summed E-state index contributed by atoms with van der Waals surface area (Å²) in [6, 6.07) is 0. The summed E-state index contributed by atoms with van der Waals surface area (Å²) in [6.45, 7) is 4.61. The predicted molar refractivity (Wildman–Crippen MR) is 49.4 cm³/mol. The van der Waals surface area contributed by atoms with E-state index in [0.29, 0.717) is 6.42 Å². The topological polar surface area (TPSA) is 35.5 Å². The van der Waals surface area contributed by atoms with E-state index in [1.54, 1.807) is 0 Å². The summed E-state index contributed by atoms with van der Waals surface area (Å²) >= 11 is 0. The number of hydrogen-bond donors (Lipinski definition) is 0. The summed E-state index contributed by atoms with van der Waals surface area (Å²) in [5.74, 6) is 0. The summed E-state index contributed by atoms with van der Waals surface area (Å²) in [4.78, 5) is 10.3. The van der Waals surface area contributed by atoms with Crippen molar-refractivity contribution in [2.24, 2.45) is 0 Å². The number of rotatable bonds is 4. The standard InChI is InChI=1S/C10H18O3/c1-10(2,6-7-11)13-9-5-3-4-8-12-9/h7,9H,3-6,8H2,1-2H3. The Hall–Kier alpha value is -0.410. The molecule has 0 aromatic heterocycles. The minimum Gasteiger partial charge on any atom is -0.353 e. The van der Waals surface area contributed by atoms with E-state index in [1.807, 2.05) is 13.8 Å². The Labute approximate surface area is 79.4 Å². The second kappa shape index (κ2) is 4.72. The average Bonchev–Trinajstić information content (AvgIpc) is 2.04.